The highest BCUT2D eigenvalue weighted by Crippen LogP contribution is 2.47. The molecule has 0 aliphatic carbocycles. The van der Waals surface area contributed by atoms with E-state index in [9.17, 15) is 0 Å². The minimum atomic E-state index is 0.896. The topological polar surface area (TPSA) is 16.4 Å². The van der Waals surface area contributed by atoms with Crippen molar-refractivity contribution in [2.45, 2.75) is 0 Å². The van der Waals surface area contributed by atoms with Crippen molar-refractivity contribution in [2.75, 3.05) is 4.90 Å². The van der Waals surface area contributed by atoms with Crippen molar-refractivity contribution in [2.24, 2.45) is 0 Å². The molecule has 10 rings (SSSR count). The van der Waals surface area contributed by atoms with E-state index in [-0.39, 0.29) is 0 Å². The van der Waals surface area contributed by atoms with E-state index in [1.54, 1.807) is 0 Å². The Morgan fingerprint density at radius 1 is 0.320 bits per heavy atom. The van der Waals surface area contributed by atoms with Crippen LogP contribution < -0.4 is 4.90 Å². The molecule has 9 aromatic carbocycles. The van der Waals surface area contributed by atoms with E-state index in [4.69, 9.17) is 4.42 Å². The van der Waals surface area contributed by atoms with Crippen molar-refractivity contribution in [1.29, 1.82) is 0 Å². The van der Waals surface area contributed by atoms with Crippen LogP contribution in [0.15, 0.2) is 192 Å². The van der Waals surface area contributed by atoms with E-state index >= 15 is 0 Å². The van der Waals surface area contributed by atoms with Crippen molar-refractivity contribution in [3.05, 3.63) is 188 Å². The summed E-state index contributed by atoms with van der Waals surface area (Å²) in [4.78, 5) is 2.43. The van der Waals surface area contributed by atoms with Crippen molar-refractivity contribution >= 4 is 71.3 Å². The molecule has 0 spiro atoms. The molecule has 0 amide bonds. The number of furan rings is 1. The Kier molecular flexibility index (Phi) is 6.53. The standard InChI is InChI=1S/C48H31NO/c1-2-13-32(14-3-1)35-17-10-18-36(31-35)49(46-26-12-22-39-37-19-6-4-15-33(37)27-29-41(39)46)45-25-9-8-21-40(45)42-23-11-24-43-44-30-28-34-16-5-7-20-38(34)47(44)50-48(42)43/h1-31H. The van der Waals surface area contributed by atoms with Gasteiger partial charge in [0.05, 0.1) is 11.4 Å². The molecule has 0 fully saturated rings. The van der Waals surface area contributed by atoms with Gasteiger partial charge >= 0.3 is 0 Å². The molecule has 2 heteroatoms. The number of hydrogen-bond acceptors (Lipinski definition) is 2. The number of anilines is 3. The van der Waals surface area contributed by atoms with E-state index in [1.807, 2.05) is 0 Å². The molecule has 0 N–H and O–H groups in total. The second kappa shape index (κ2) is 11.5. The summed E-state index contributed by atoms with van der Waals surface area (Å²) in [6.45, 7) is 0. The van der Waals surface area contributed by atoms with Crippen LogP contribution in [-0.4, -0.2) is 0 Å². The maximum Gasteiger partial charge on any atom is 0.143 e. The van der Waals surface area contributed by atoms with Crippen LogP contribution in [0.2, 0.25) is 0 Å². The first kappa shape index (κ1) is 28.4. The summed E-state index contributed by atoms with van der Waals surface area (Å²) in [7, 11) is 0. The number of fused-ring (bicyclic) bond motifs is 8. The van der Waals surface area contributed by atoms with E-state index in [2.05, 4.69) is 193 Å². The van der Waals surface area contributed by atoms with E-state index in [0.29, 0.717) is 0 Å². The molecule has 1 aromatic heterocycles. The first-order valence-corrected chi connectivity index (χ1v) is 17.1. The van der Waals surface area contributed by atoms with Crippen molar-refractivity contribution in [3.8, 4) is 22.3 Å². The Labute approximate surface area is 290 Å². The van der Waals surface area contributed by atoms with Crippen molar-refractivity contribution in [1.82, 2.24) is 0 Å². The van der Waals surface area contributed by atoms with Crippen LogP contribution in [0.4, 0.5) is 17.1 Å². The molecule has 0 unspecified atom stereocenters. The van der Waals surface area contributed by atoms with Gasteiger partial charge in [0.25, 0.3) is 0 Å². The molecule has 50 heavy (non-hydrogen) atoms. The Hall–Kier alpha value is -6.64. The van der Waals surface area contributed by atoms with Crippen LogP contribution >= 0.6 is 0 Å². The third-order valence-corrected chi connectivity index (χ3v) is 10.0. The van der Waals surface area contributed by atoms with Gasteiger partial charge in [-0.25, -0.2) is 0 Å². The van der Waals surface area contributed by atoms with Gasteiger partial charge in [-0.2, -0.15) is 0 Å². The number of para-hydroxylation sites is 2. The smallest absolute Gasteiger partial charge is 0.143 e. The average molecular weight is 638 g/mol. The fraction of sp³-hybridized carbons (Fsp3) is 0. The SMILES string of the molecule is c1ccc(-c2cccc(N(c3ccccc3-c3cccc4c3oc3c5ccccc5ccc43)c3cccc4c3ccc3ccccc34)c2)cc1. The molecular formula is C48H31NO. The van der Waals surface area contributed by atoms with Crippen LogP contribution in [0.1, 0.15) is 0 Å². The fourth-order valence-corrected chi connectivity index (χ4v) is 7.72. The highest BCUT2D eigenvalue weighted by Gasteiger charge is 2.22. The molecular weight excluding hydrogens is 607 g/mol. The summed E-state index contributed by atoms with van der Waals surface area (Å²) in [6.07, 6.45) is 0. The largest absolute Gasteiger partial charge is 0.455 e. The van der Waals surface area contributed by atoms with Crippen LogP contribution in [0.25, 0.3) is 76.5 Å². The lowest BCUT2D eigenvalue weighted by Gasteiger charge is -2.29. The number of rotatable bonds is 5. The lowest BCUT2D eigenvalue weighted by Crippen LogP contribution is -2.12. The molecule has 0 saturated heterocycles. The number of hydrogen-bond donors (Lipinski definition) is 0. The summed E-state index contributed by atoms with van der Waals surface area (Å²) in [6, 6.07) is 67.4. The molecule has 2 nitrogen and oxygen atoms in total. The quantitative estimate of drug-likeness (QED) is 0.175. The van der Waals surface area contributed by atoms with Crippen LogP contribution in [0.3, 0.4) is 0 Å². The van der Waals surface area contributed by atoms with Gasteiger partial charge in [0.15, 0.2) is 0 Å². The van der Waals surface area contributed by atoms with Gasteiger partial charge in [-0.3, -0.25) is 0 Å². The summed E-state index contributed by atoms with van der Waals surface area (Å²) in [5.41, 5.74) is 9.63. The number of benzene rings is 9. The van der Waals surface area contributed by atoms with Crippen LogP contribution in [0, 0.1) is 0 Å². The van der Waals surface area contributed by atoms with Gasteiger partial charge in [-0.15, -0.1) is 0 Å². The predicted octanol–water partition coefficient (Wildman–Crippen LogP) is 13.8. The third-order valence-electron chi connectivity index (χ3n) is 10.0. The summed E-state index contributed by atoms with van der Waals surface area (Å²) >= 11 is 0. The first-order chi connectivity index (χ1) is 24.8. The van der Waals surface area contributed by atoms with Gasteiger partial charge in [0.1, 0.15) is 11.2 Å². The zero-order valence-corrected chi connectivity index (χ0v) is 27.3. The van der Waals surface area contributed by atoms with Crippen LogP contribution in [0.5, 0.6) is 0 Å². The monoisotopic (exact) mass is 637 g/mol. The maximum absolute atomic E-state index is 6.87. The molecule has 10 aromatic rings. The van der Waals surface area contributed by atoms with E-state index in [1.165, 1.54) is 38.1 Å². The highest BCUT2D eigenvalue weighted by molar-refractivity contribution is 6.18. The minimum Gasteiger partial charge on any atom is -0.455 e. The maximum atomic E-state index is 6.87. The van der Waals surface area contributed by atoms with Crippen molar-refractivity contribution in [3.63, 3.8) is 0 Å². The third kappa shape index (κ3) is 4.50. The molecule has 0 aliphatic heterocycles. The molecule has 0 radical (unpaired) electrons. The normalized spacial score (nSPS) is 11.6. The number of nitrogens with zero attached hydrogens (tertiary/aromatic N) is 1. The highest BCUT2D eigenvalue weighted by atomic mass is 16.3. The molecule has 234 valence electrons. The Balaban J connectivity index is 1.26. The van der Waals surface area contributed by atoms with Crippen molar-refractivity contribution < 1.29 is 4.42 Å². The summed E-state index contributed by atoms with van der Waals surface area (Å²) in [5, 5.41) is 9.46. The Bertz CT molecular complexity index is 2880. The lowest BCUT2D eigenvalue weighted by molar-refractivity contribution is 0.674. The van der Waals surface area contributed by atoms with Gasteiger partial charge in [-0.1, -0.05) is 158 Å². The minimum absolute atomic E-state index is 0.896. The van der Waals surface area contributed by atoms with Crippen LogP contribution in [-0.2, 0) is 0 Å². The van der Waals surface area contributed by atoms with E-state index in [0.717, 1.165) is 55.5 Å². The molecule has 0 bridgehead atoms. The fourth-order valence-electron chi connectivity index (χ4n) is 7.72. The second-order valence-electron chi connectivity index (χ2n) is 12.9. The Morgan fingerprint density at radius 3 is 1.78 bits per heavy atom. The zero-order valence-electron chi connectivity index (χ0n) is 27.3. The lowest BCUT2D eigenvalue weighted by atomic mass is 9.96. The molecule has 0 atom stereocenters. The zero-order chi connectivity index (χ0) is 33.0. The van der Waals surface area contributed by atoms with Gasteiger partial charge < -0.3 is 9.32 Å². The van der Waals surface area contributed by atoms with E-state index < -0.39 is 0 Å². The first-order valence-electron chi connectivity index (χ1n) is 17.1. The van der Waals surface area contributed by atoms with Gasteiger partial charge in [-0.05, 0) is 63.0 Å². The Morgan fingerprint density at radius 2 is 0.900 bits per heavy atom. The molecule has 0 aliphatic rings. The molecule has 1 heterocycles. The molecule has 0 saturated carbocycles. The average Bonchev–Trinajstić information content (AvgIpc) is 3.58. The second-order valence-corrected chi connectivity index (χ2v) is 12.9. The van der Waals surface area contributed by atoms with Gasteiger partial charge in [0, 0.05) is 38.4 Å². The van der Waals surface area contributed by atoms with Gasteiger partial charge in [0.2, 0.25) is 0 Å². The summed E-state index contributed by atoms with van der Waals surface area (Å²) in [5.74, 6) is 0. The predicted molar refractivity (Wildman–Crippen MR) is 212 cm³/mol. The summed E-state index contributed by atoms with van der Waals surface area (Å²) < 4.78 is 6.87.